The van der Waals surface area contributed by atoms with E-state index in [1.54, 1.807) is 0 Å². The maximum atomic E-state index is 11.5. The number of benzene rings is 3. The predicted molar refractivity (Wildman–Crippen MR) is 80.3 cm³/mol. The van der Waals surface area contributed by atoms with Gasteiger partial charge in [-0.15, -0.1) is 5.56 Å². The van der Waals surface area contributed by atoms with Gasteiger partial charge in [0, 0.05) is 43.8 Å². The molecule has 22 heavy (non-hydrogen) atoms. The van der Waals surface area contributed by atoms with Crippen molar-refractivity contribution in [1.29, 1.82) is 0 Å². The maximum absolute atomic E-state index is 11.5. The Kier molecular flexibility index (Phi) is 4.18. The Morgan fingerprint density at radius 2 is 1.32 bits per heavy atom. The molecule has 1 aliphatic heterocycles. The van der Waals surface area contributed by atoms with Crippen molar-refractivity contribution in [3.8, 4) is 11.5 Å². The first-order valence-electron chi connectivity index (χ1n) is 6.86. The summed E-state index contributed by atoms with van der Waals surface area (Å²) in [6.45, 7) is 0. The second-order valence-corrected chi connectivity index (χ2v) is 5.08. The number of ether oxygens (including phenoxy) is 1. The first kappa shape index (κ1) is 15.4. The minimum atomic E-state index is -1.24. The van der Waals surface area contributed by atoms with Crippen molar-refractivity contribution in [2.75, 3.05) is 0 Å². The van der Waals surface area contributed by atoms with Crippen LogP contribution in [0.15, 0.2) is 72.8 Å². The van der Waals surface area contributed by atoms with Gasteiger partial charge in [0.2, 0.25) is 0 Å². The average molecular weight is 362 g/mol. The predicted octanol–water partition coefficient (Wildman–Crippen LogP) is 3.87. The van der Waals surface area contributed by atoms with Crippen LogP contribution in [0.25, 0.3) is 0 Å². The zero-order chi connectivity index (χ0) is 14.3. The summed E-state index contributed by atoms with van der Waals surface area (Å²) in [6, 6.07) is 25.8. The minimum Gasteiger partial charge on any atom is -0.457 e. The van der Waals surface area contributed by atoms with E-state index in [0.717, 1.165) is 11.1 Å². The molecule has 4 rings (SSSR count). The van der Waals surface area contributed by atoms with E-state index in [0.29, 0.717) is 17.1 Å². The van der Waals surface area contributed by atoms with Crippen LogP contribution in [-0.2, 0) is 38.3 Å². The number of hydrogen-bond acceptors (Lipinski definition) is 2. The first-order chi connectivity index (χ1) is 10.3. The molecule has 1 N–H and O–H groups in total. The van der Waals surface area contributed by atoms with Gasteiger partial charge in [-0.25, -0.2) is 0 Å². The number of para-hydroxylation sites is 2. The second-order valence-electron chi connectivity index (χ2n) is 5.08. The van der Waals surface area contributed by atoms with E-state index in [4.69, 9.17) is 4.74 Å². The summed E-state index contributed by atoms with van der Waals surface area (Å²) in [5, 5.41) is 11.5. The van der Waals surface area contributed by atoms with Crippen molar-refractivity contribution in [2.24, 2.45) is 0 Å². The van der Waals surface area contributed by atoms with Gasteiger partial charge in [-0.2, -0.15) is 30.3 Å². The third-order valence-electron chi connectivity index (χ3n) is 3.87. The molecule has 3 heteroatoms. The van der Waals surface area contributed by atoms with Crippen molar-refractivity contribution in [2.45, 2.75) is 5.60 Å². The van der Waals surface area contributed by atoms with Gasteiger partial charge >= 0.3 is 0 Å². The van der Waals surface area contributed by atoms with Gasteiger partial charge in [-0.3, -0.25) is 0 Å². The van der Waals surface area contributed by atoms with Crippen molar-refractivity contribution < 1.29 is 42.6 Å². The normalized spacial score (nSPS) is 14.0. The fourth-order valence-corrected chi connectivity index (χ4v) is 2.88. The fraction of sp³-hybridized carbons (Fsp3) is 0.0526. The summed E-state index contributed by atoms with van der Waals surface area (Å²) in [6.07, 6.45) is 0. The SMILES string of the molecule is OC1(c2[c-]cccc2)c2ccccc2Oc2ccccc21.[Y]. The van der Waals surface area contributed by atoms with E-state index in [2.05, 4.69) is 6.07 Å². The Bertz CT molecular complexity index is 754. The zero-order valence-electron chi connectivity index (χ0n) is 11.9. The molecule has 2 nitrogen and oxygen atoms in total. The van der Waals surface area contributed by atoms with Crippen LogP contribution in [-0.4, -0.2) is 5.11 Å². The monoisotopic (exact) mass is 362 g/mol. The molecule has 3 aromatic carbocycles. The summed E-state index contributed by atoms with van der Waals surface area (Å²) in [4.78, 5) is 0. The van der Waals surface area contributed by atoms with Crippen molar-refractivity contribution >= 4 is 0 Å². The van der Waals surface area contributed by atoms with Crippen LogP contribution in [0, 0.1) is 6.07 Å². The molecular weight excluding hydrogens is 349 g/mol. The third kappa shape index (κ3) is 2.23. The fourth-order valence-electron chi connectivity index (χ4n) is 2.88. The van der Waals surface area contributed by atoms with Gasteiger partial charge in [0.1, 0.15) is 17.1 Å². The Morgan fingerprint density at radius 1 is 0.773 bits per heavy atom. The smallest absolute Gasteiger partial charge is 0.134 e. The average Bonchev–Trinajstić information content (AvgIpc) is 2.56. The molecule has 0 saturated carbocycles. The van der Waals surface area contributed by atoms with Crippen LogP contribution in [0.4, 0.5) is 0 Å². The van der Waals surface area contributed by atoms with E-state index in [1.165, 1.54) is 0 Å². The molecule has 1 aliphatic rings. The summed E-state index contributed by atoms with van der Waals surface area (Å²) < 4.78 is 5.92. The van der Waals surface area contributed by atoms with Gasteiger partial charge in [0.15, 0.2) is 0 Å². The topological polar surface area (TPSA) is 29.5 Å². The molecular formula is C19H13O2Y-. The molecule has 3 aromatic rings. The summed E-state index contributed by atoms with van der Waals surface area (Å²) in [7, 11) is 0. The Hall–Kier alpha value is -1.48. The van der Waals surface area contributed by atoms with E-state index in [1.807, 2.05) is 72.8 Å². The van der Waals surface area contributed by atoms with Gasteiger partial charge in [-0.1, -0.05) is 36.4 Å². The molecule has 0 amide bonds. The second kappa shape index (κ2) is 5.96. The molecule has 0 aliphatic carbocycles. The van der Waals surface area contributed by atoms with Crippen LogP contribution in [0.3, 0.4) is 0 Å². The Morgan fingerprint density at radius 3 is 1.86 bits per heavy atom. The van der Waals surface area contributed by atoms with Gasteiger partial charge < -0.3 is 9.84 Å². The Balaban J connectivity index is 0.00000144. The molecule has 0 fully saturated rings. The number of rotatable bonds is 1. The molecule has 1 radical (unpaired) electrons. The molecule has 1 heterocycles. The van der Waals surface area contributed by atoms with Crippen molar-refractivity contribution in [3.63, 3.8) is 0 Å². The van der Waals surface area contributed by atoms with Crippen LogP contribution in [0.1, 0.15) is 16.7 Å². The van der Waals surface area contributed by atoms with Crippen molar-refractivity contribution in [3.05, 3.63) is 95.6 Å². The molecule has 105 valence electrons. The van der Waals surface area contributed by atoms with E-state index in [-0.39, 0.29) is 32.7 Å². The van der Waals surface area contributed by atoms with E-state index in [9.17, 15) is 5.11 Å². The van der Waals surface area contributed by atoms with E-state index >= 15 is 0 Å². The summed E-state index contributed by atoms with van der Waals surface area (Å²) in [5.41, 5.74) is 0.956. The number of fused-ring (bicyclic) bond motifs is 2. The summed E-state index contributed by atoms with van der Waals surface area (Å²) >= 11 is 0. The van der Waals surface area contributed by atoms with E-state index < -0.39 is 5.60 Å². The van der Waals surface area contributed by atoms with Crippen LogP contribution in [0.2, 0.25) is 0 Å². The van der Waals surface area contributed by atoms with Crippen LogP contribution >= 0.6 is 0 Å². The maximum Gasteiger partial charge on any atom is 0.134 e. The Labute approximate surface area is 154 Å². The summed E-state index contributed by atoms with van der Waals surface area (Å²) in [5.74, 6) is 1.35. The quantitative estimate of drug-likeness (QED) is 0.666. The number of aliphatic hydroxyl groups is 1. The van der Waals surface area contributed by atoms with Crippen LogP contribution < -0.4 is 4.74 Å². The third-order valence-corrected chi connectivity index (χ3v) is 3.87. The largest absolute Gasteiger partial charge is 0.457 e. The minimum absolute atomic E-state index is 0. The first-order valence-corrected chi connectivity index (χ1v) is 6.86. The van der Waals surface area contributed by atoms with Gasteiger partial charge in [-0.05, 0) is 12.1 Å². The zero-order valence-corrected chi connectivity index (χ0v) is 14.7. The number of hydrogen-bond donors (Lipinski definition) is 1. The molecule has 0 atom stereocenters. The molecule has 0 saturated heterocycles. The molecule has 0 aromatic heterocycles. The standard InChI is InChI=1S/C19H13O2.Y/c20-19(14-8-2-1-3-9-14)15-10-4-6-12-17(15)21-18-13-7-5-11-16(18)19;/h1-8,10-13,20H;/q-1;. The van der Waals surface area contributed by atoms with Gasteiger partial charge in [0.25, 0.3) is 0 Å². The molecule has 0 unspecified atom stereocenters. The van der Waals surface area contributed by atoms with Gasteiger partial charge in [0.05, 0.1) is 0 Å². The molecule has 0 bridgehead atoms. The van der Waals surface area contributed by atoms with Crippen molar-refractivity contribution in [1.82, 2.24) is 0 Å². The van der Waals surface area contributed by atoms with Crippen LogP contribution in [0.5, 0.6) is 11.5 Å². The molecule has 0 spiro atoms.